The number of amides is 1. The molecule has 1 aromatic carbocycles. The minimum atomic E-state index is -0.655. The number of fused-ring (bicyclic) bond motifs is 2. The van der Waals surface area contributed by atoms with E-state index in [4.69, 9.17) is 0 Å². The Bertz CT molecular complexity index is 1110. The third-order valence-electron chi connectivity index (χ3n) is 6.33. The number of carbonyl (C=O) groups excluding carboxylic acids is 1. The van der Waals surface area contributed by atoms with Crippen LogP contribution in [0, 0.1) is 13.8 Å². The highest BCUT2D eigenvalue weighted by atomic mass is 16.3. The van der Waals surface area contributed by atoms with E-state index in [2.05, 4.69) is 32.7 Å². The second kappa shape index (κ2) is 6.60. The van der Waals surface area contributed by atoms with Gasteiger partial charge in [-0.15, -0.1) is 10.2 Å². The molecule has 0 bridgehead atoms. The minimum absolute atomic E-state index is 0.213. The van der Waals surface area contributed by atoms with Gasteiger partial charge in [-0.05, 0) is 37.8 Å². The summed E-state index contributed by atoms with van der Waals surface area (Å²) in [6.07, 6.45) is 0.797. The maximum atomic E-state index is 13.1. The van der Waals surface area contributed by atoms with Gasteiger partial charge >= 0.3 is 0 Å². The van der Waals surface area contributed by atoms with Crippen LogP contribution in [0.2, 0.25) is 0 Å². The number of aliphatic hydroxyl groups is 1. The lowest BCUT2D eigenvalue weighted by molar-refractivity contribution is -0.0141. The number of aryl methyl sites for hydroxylation is 2. The summed E-state index contributed by atoms with van der Waals surface area (Å²) in [6, 6.07) is 10.2. The number of β-amino-alcohol motifs (C(OH)–C–C–N with tert-alkyl or cyclic N) is 1. The molecule has 8 heteroatoms. The molecule has 2 aliphatic rings. The molecule has 5 rings (SSSR count). The minimum Gasteiger partial charge on any atom is -0.389 e. The molecule has 0 radical (unpaired) electrons. The molecule has 0 unspecified atom stereocenters. The van der Waals surface area contributed by atoms with Gasteiger partial charge in [0.05, 0.1) is 23.0 Å². The molecule has 3 aromatic rings. The van der Waals surface area contributed by atoms with Gasteiger partial charge in [-0.25, -0.2) is 4.52 Å². The summed E-state index contributed by atoms with van der Waals surface area (Å²) in [4.78, 5) is 14.8. The monoisotopic (exact) mass is 392 g/mol. The number of piperidine rings is 1. The van der Waals surface area contributed by atoms with Crippen molar-refractivity contribution in [2.75, 3.05) is 13.1 Å². The van der Waals surface area contributed by atoms with Crippen molar-refractivity contribution in [3.63, 3.8) is 0 Å². The van der Waals surface area contributed by atoms with Crippen molar-refractivity contribution in [3.05, 3.63) is 58.5 Å². The Morgan fingerprint density at radius 1 is 1.24 bits per heavy atom. The molecule has 29 heavy (non-hydrogen) atoms. The van der Waals surface area contributed by atoms with E-state index < -0.39 is 11.6 Å². The van der Waals surface area contributed by atoms with E-state index in [-0.39, 0.29) is 18.1 Å². The summed E-state index contributed by atoms with van der Waals surface area (Å²) < 4.78 is 1.65. The van der Waals surface area contributed by atoms with Crippen LogP contribution >= 0.6 is 0 Å². The maximum Gasteiger partial charge on any atom is 0.276 e. The molecule has 8 nitrogen and oxygen atoms in total. The predicted octanol–water partition coefficient (Wildman–Crippen LogP) is 1.03. The van der Waals surface area contributed by atoms with Gasteiger partial charge in [-0.2, -0.15) is 5.10 Å². The topological polar surface area (TPSA) is 95.7 Å². The van der Waals surface area contributed by atoms with E-state index in [0.717, 1.165) is 18.7 Å². The number of aromatic nitrogens is 4. The molecule has 2 atom stereocenters. The van der Waals surface area contributed by atoms with E-state index in [0.29, 0.717) is 24.3 Å². The predicted molar refractivity (Wildman–Crippen MR) is 107 cm³/mol. The van der Waals surface area contributed by atoms with Gasteiger partial charge < -0.3 is 15.3 Å². The Balaban J connectivity index is 1.37. The van der Waals surface area contributed by atoms with Gasteiger partial charge in [-0.1, -0.05) is 24.3 Å². The molecule has 2 aromatic heterocycles. The number of likely N-dealkylation sites (tertiary alicyclic amines) is 1. The second-order valence-electron chi connectivity index (χ2n) is 8.16. The average molecular weight is 392 g/mol. The number of nitrogens with one attached hydrogen (secondary N) is 1. The van der Waals surface area contributed by atoms with Crippen molar-refractivity contribution in [2.45, 2.75) is 44.9 Å². The van der Waals surface area contributed by atoms with E-state index in [1.54, 1.807) is 9.42 Å². The van der Waals surface area contributed by atoms with Crippen LogP contribution in [-0.2, 0) is 13.0 Å². The zero-order chi connectivity index (χ0) is 20.2. The number of aliphatic hydroxyl groups excluding tert-OH is 1. The number of rotatable bonds is 1. The van der Waals surface area contributed by atoms with E-state index in [9.17, 15) is 9.90 Å². The summed E-state index contributed by atoms with van der Waals surface area (Å²) in [6.45, 7) is 5.27. The Morgan fingerprint density at radius 3 is 2.83 bits per heavy atom. The van der Waals surface area contributed by atoms with Crippen molar-refractivity contribution in [1.29, 1.82) is 0 Å². The van der Waals surface area contributed by atoms with E-state index >= 15 is 0 Å². The summed E-state index contributed by atoms with van der Waals surface area (Å²) in [5, 5.41) is 27.2. The zero-order valence-electron chi connectivity index (χ0n) is 16.6. The zero-order valence-corrected chi connectivity index (χ0v) is 16.6. The number of carbonyl (C=O) groups is 1. The summed E-state index contributed by atoms with van der Waals surface area (Å²) in [7, 11) is 0. The molecule has 2 N–H and O–H groups in total. The Labute approximate surface area is 168 Å². The van der Waals surface area contributed by atoms with Crippen LogP contribution in [0.15, 0.2) is 30.3 Å². The fourth-order valence-corrected chi connectivity index (χ4v) is 4.57. The van der Waals surface area contributed by atoms with E-state index in [1.165, 1.54) is 11.1 Å². The lowest BCUT2D eigenvalue weighted by Gasteiger charge is -2.48. The number of benzene rings is 1. The third kappa shape index (κ3) is 2.90. The highest BCUT2D eigenvalue weighted by Crippen LogP contribution is 2.32. The van der Waals surface area contributed by atoms with Crippen molar-refractivity contribution < 1.29 is 9.90 Å². The molecule has 0 aliphatic carbocycles. The van der Waals surface area contributed by atoms with Crippen LogP contribution in [0.5, 0.6) is 0 Å². The van der Waals surface area contributed by atoms with Gasteiger partial charge in [0.15, 0.2) is 11.3 Å². The molecule has 1 saturated heterocycles. The van der Waals surface area contributed by atoms with Gasteiger partial charge in [0.25, 0.3) is 5.91 Å². The van der Waals surface area contributed by atoms with Crippen molar-refractivity contribution in [3.8, 4) is 0 Å². The molecule has 1 amide bonds. The summed E-state index contributed by atoms with van der Waals surface area (Å²) in [5.74, 6) is -0.213. The van der Waals surface area contributed by atoms with Gasteiger partial charge in [-0.3, -0.25) is 4.79 Å². The molecule has 4 heterocycles. The SMILES string of the molecule is Cc1cc2nnc(C(=O)N3CC[C@]4(Cc5ccccc5CN4)[C@H](O)C3)c(C)n2n1. The smallest absolute Gasteiger partial charge is 0.276 e. The Morgan fingerprint density at radius 2 is 2.03 bits per heavy atom. The number of hydrogen-bond donors (Lipinski definition) is 2. The second-order valence-corrected chi connectivity index (χ2v) is 8.16. The van der Waals surface area contributed by atoms with Crippen LogP contribution in [0.4, 0.5) is 0 Å². The fourth-order valence-electron chi connectivity index (χ4n) is 4.57. The van der Waals surface area contributed by atoms with Crippen LogP contribution in [0.25, 0.3) is 5.65 Å². The van der Waals surface area contributed by atoms with Crippen LogP contribution in [-0.4, -0.2) is 60.5 Å². The Kier molecular flexibility index (Phi) is 4.15. The number of hydrogen-bond acceptors (Lipinski definition) is 6. The first-order valence-corrected chi connectivity index (χ1v) is 9.96. The van der Waals surface area contributed by atoms with Crippen LogP contribution in [0.1, 0.15) is 39.4 Å². The van der Waals surface area contributed by atoms with E-state index in [1.807, 2.05) is 32.0 Å². The van der Waals surface area contributed by atoms with Crippen molar-refractivity contribution in [1.82, 2.24) is 30.0 Å². The van der Waals surface area contributed by atoms with Gasteiger partial charge in [0.1, 0.15) is 0 Å². The fraction of sp³-hybridized carbons (Fsp3) is 0.429. The average Bonchev–Trinajstić information content (AvgIpc) is 3.11. The Hall–Kier alpha value is -2.84. The summed E-state index contributed by atoms with van der Waals surface area (Å²) >= 11 is 0. The molecule has 1 fully saturated rings. The maximum absolute atomic E-state index is 13.1. The van der Waals surface area contributed by atoms with Crippen molar-refractivity contribution in [2.24, 2.45) is 0 Å². The molecular weight excluding hydrogens is 368 g/mol. The van der Waals surface area contributed by atoms with Gasteiger partial charge in [0.2, 0.25) is 0 Å². The largest absolute Gasteiger partial charge is 0.389 e. The first-order valence-electron chi connectivity index (χ1n) is 9.96. The highest BCUT2D eigenvalue weighted by molar-refractivity contribution is 5.93. The quantitative estimate of drug-likeness (QED) is 0.642. The van der Waals surface area contributed by atoms with Gasteiger partial charge in [0, 0.05) is 25.7 Å². The number of nitrogens with zero attached hydrogens (tertiary/aromatic N) is 5. The highest BCUT2D eigenvalue weighted by Gasteiger charge is 2.45. The van der Waals surface area contributed by atoms with Crippen molar-refractivity contribution >= 4 is 11.6 Å². The molecule has 0 saturated carbocycles. The first kappa shape index (κ1) is 18.2. The lowest BCUT2D eigenvalue weighted by Crippen LogP contribution is -2.65. The standard InChI is InChI=1S/C21H24N6O2/c1-13-9-18-23-24-19(14(2)27(18)25-13)20(29)26-8-7-21(17(28)12-26)10-15-5-3-4-6-16(15)11-22-21/h3-6,9,17,22,28H,7-8,10-12H2,1-2H3/t17-,21+/m1/s1. The molecule has 1 spiro atoms. The first-order chi connectivity index (χ1) is 14.0. The van der Waals surface area contributed by atoms with Crippen LogP contribution < -0.4 is 5.32 Å². The molecular formula is C21H24N6O2. The molecule has 2 aliphatic heterocycles. The van der Waals surface area contributed by atoms with Crippen LogP contribution in [0.3, 0.4) is 0 Å². The molecule has 150 valence electrons. The third-order valence-corrected chi connectivity index (χ3v) is 6.33. The summed E-state index contributed by atoms with van der Waals surface area (Å²) in [5.41, 5.74) is 4.54. The normalized spacial score (nSPS) is 24.1. The lowest BCUT2D eigenvalue weighted by atomic mass is 9.76.